The van der Waals surface area contributed by atoms with Gasteiger partial charge in [-0.2, -0.15) is 0 Å². The van der Waals surface area contributed by atoms with Crippen molar-refractivity contribution in [2.45, 2.75) is 20.8 Å². The van der Waals surface area contributed by atoms with Crippen LogP contribution >= 0.6 is 0 Å². The molecule has 0 bridgehead atoms. The van der Waals surface area contributed by atoms with Gasteiger partial charge in [-0.15, -0.1) is 0 Å². The van der Waals surface area contributed by atoms with Gasteiger partial charge < -0.3 is 0 Å². The molecule has 0 spiro atoms. The Balaban J connectivity index is 2.87. The molecule has 2 aromatic heterocycles. The van der Waals surface area contributed by atoms with E-state index in [0.717, 1.165) is 11.5 Å². The lowest BCUT2D eigenvalue weighted by Gasteiger charge is -1.87. The molecule has 3 heteroatoms. The Morgan fingerprint density at radius 2 is 2.08 bits per heavy atom. The van der Waals surface area contributed by atoms with E-state index in [-0.39, 0.29) is 0 Å². The van der Waals surface area contributed by atoms with Gasteiger partial charge in [0, 0.05) is 6.07 Å². The smallest absolute Gasteiger partial charge is 0.242 e. The Morgan fingerprint density at radius 3 is 2.83 bits per heavy atom. The molecule has 0 aliphatic heterocycles. The molecule has 2 aromatic rings. The highest BCUT2D eigenvalue weighted by molar-refractivity contribution is 5.23. The lowest BCUT2D eigenvalue weighted by atomic mass is 10.4. The van der Waals surface area contributed by atoms with Crippen molar-refractivity contribution in [3.63, 3.8) is 0 Å². The van der Waals surface area contributed by atoms with E-state index in [2.05, 4.69) is 28.2 Å². The van der Waals surface area contributed by atoms with E-state index in [0.29, 0.717) is 0 Å². The van der Waals surface area contributed by atoms with E-state index in [9.17, 15) is 0 Å². The minimum Gasteiger partial charge on any atom is -0.242 e. The van der Waals surface area contributed by atoms with E-state index in [1.54, 1.807) is 0 Å². The molecule has 1 N–H and O–H groups in total. The highest BCUT2D eigenvalue weighted by atomic mass is 15.1. The van der Waals surface area contributed by atoms with Crippen molar-refractivity contribution in [2.75, 3.05) is 0 Å². The number of hydrogen-bond acceptors (Lipinski definition) is 1. The van der Waals surface area contributed by atoms with Crippen LogP contribution in [0, 0.1) is 20.8 Å². The predicted octanol–water partition coefficient (Wildman–Crippen LogP) is 1.07. The van der Waals surface area contributed by atoms with Crippen molar-refractivity contribution < 1.29 is 4.40 Å². The third-order valence-electron chi connectivity index (χ3n) is 2.18. The third-order valence-corrected chi connectivity index (χ3v) is 2.18. The molecule has 0 aromatic carbocycles. The summed E-state index contributed by atoms with van der Waals surface area (Å²) >= 11 is 0. The highest BCUT2D eigenvalue weighted by Gasteiger charge is 2.11. The normalized spacial score (nSPS) is 10.9. The molecule has 0 aliphatic carbocycles. The molecule has 12 heavy (non-hydrogen) atoms. The second-order valence-electron chi connectivity index (χ2n) is 3.10. The monoisotopic (exact) mass is 162 g/mol. The van der Waals surface area contributed by atoms with Crippen molar-refractivity contribution in [1.29, 1.82) is 0 Å². The quantitative estimate of drug-likeness (QED) is 0.577. The van der Waals surface area contributed by atoms with Crippen LogP contribution in [0.3, 0.4) is 0 Å². The summed E-state index contributed by atoms with van der Waals surface area (Å²) < 4.78 is 2.06. The average Bonchev–Trinajstić information content (AvgIpc) is 2.28. The largest absolute Gasteiger partial charge is 0.401 e. The summed E-state index contributed by atoms with van der Waals surface area (Å²) in [6, 6.07) is 2.01. The van der Waals surface area contributed by atoms with Crippen LogP contribution in [0.2, 0.25) is 0 Å². The number of aromatic nitrogens is 3. The number of rotatable bonds is 0. The second kappa shape index (κ2) is 2.30. The van der Waals surface area contributed by atoms with Crippen molar-refractivity contribution >= 4 is 5.78 Å². The van der Waals surface area contributed by atoms with Crippen molar-refractivity contribution in [2.24, 2.45) is 0 Å². The Bertz CT molecular complexity index is 429. The van der Waals surface area contributed by atoms with Gasteiger partial charge in [0.1, 0.15) is 17.1 Å². The molecule has 2 rings (SSSR count). The van der Waals surface area contributed by atoms with E-state index in [4.69, 9.17) is 0 Å². The van der Waals surface area contributed by atoms with Gasteiger partial charge in [-0.25, -0.2) is 9.38 Å². The van der Waals surface area contributed by atoms with Crippen molar-refractivity contribution in [1.82, 2.24) is 9.97 Å². The maximum Gasteiger partial charge on any atom is 0.401 e. The van der Waals surface area contributed by atoms with Gasteiger partial charge in [0.25, 0.3) is 0 Å². The first-order valence-corrected chi connectivity index (χ1v) is 4.02. The van der Waals surface area contributed by atoms with Crippen LogP contribution in [0.5, 0.6) is 0 Å². The molecule has 0 saturated carbocycles. The molecule has 0 aliphatic rings. The van der Waals surface area contributed by atoms with Gasteiger partial charge in [0.05, 0.1) is 6.20 Å². The van der Waals surface area contributed by atoms with Gasteiger partial charge >= 0.3 is 5.78 Å². The van der Waals surface area contributed by atoms with Crippen LogP contribution in [-0.4, -0.2) is 9.97 Å². The molecule has 62 valence electrons. The van der Waals surface area contributed by atoms with Crippen LogP contribution < -0.4 is 4.40 Å². The highest BCUT2D eigenvalue weighted by Crippen LogP contribution is 2.00. The molecular weight excluding hydrogens is 150 g/mol. The first-order chi connectivity index (χ1) is 5.68. The molecule has 0 atom stereocenters. The molecule has 0 radical (unpaired) electrons. The summed E-state index contributed by atoms with van der Waals surface area (Å²) in [5.74, 6) is 0.921. The lowest BCUT2D eigenvalue weighted by Crippen LogP contribution is -2.23. The minimum atomic E-state index is 0.921. The molecule has 2 heterocycles. The number of nitrogens with one attached hydrogen (secondary N) is 1. The van der Waals surface area contributed by atoms with Gasteiger partial charge in [-0.3, -0.25) is 0 Å². The number of hydrogen-bond donors (Lipinski definition) is 1. The van der Waals surface area contributed by atoms with Crippen LogP contribution in [0.25, 0.3) is 5.78 Å². The lowest BCUT2D eigenvalue weighted by molar-refractivity contribution is -0.520. The molecule has 0 unspecified atom stereocenters. The Labute approximate surface area is 71.1 Å². The van der Waals surface area contributed by atoms with E-state index in [1.165, 1.54) is 11.4 Å². The molecule has 0 saturated heterocycles. The standard InChI is InChI=1S/C9H11N3/c1-6-4-5-12-8(3)7(2)11-9(12)10-6/h4-5H,1-3H3/p+1. The maximum absolute atomic E-state index is 4.36. The second-order valence-corrected chi connectivity index (χ2v) is 3.10. The van der Waals surface area contributed by atoms with Crippen LogP contribution in [-0.2, 0) is 0 Å². The molecule has 3 nitrogen and oxygen atoms in total. The first-order valence-electron chi connectivity index (χ1n) is 4.02. The zero-order valence-corrected chi connectivity index (χ0v) is 7.55. The zero-order chi connectivity index (χ0) is 8.72. The summed E-state index contributed by atoms with van der Waals surface area (Å²) in [5, 5.41) is 0. The van der Waals surface area contributed by atoms with Gasteiger partial charge in [-0.1, -0.05) is 4.98 Å². The van der Waals surface area contributed by atoms with Crippen LogP contribution in [0.15, 0.2) is 12.3 Å². The van der Waals surface area contributed by atoms with Gasteiger partial charge in [0.2, 0.25) is 0 Å². The topological polar surface area (TPSA) is 32.8 Å². The number of H-pyrrole nitrogens is 1. The van der Waals surface area contributed by atoms with E-state index < -0.39 is 0 Å². The summed E-state index contributed by atoms with van der Waals surface area (Å²) in [7, 11) is 0. The third kappa shape index (κ3) is 0.897. The molecular formula is C9H12N3+. The van der Waals surface area contributed by atoms with Gasteiger partial charge in [0.15, 0.2) is 0 Å². The fourth-order valence-electron chi connectivity index (χ4n) is 1.31. The van der Waals surface area contributed by atoms with Crippen molar-refractivity contribution in [3.05, 3.63) is 29.3 Å². The number of imidazole rings is 1. The summed E-state index contributed by atoms with van der Waals surface area (Å²) in [6.07, 6.45) is 2.04. The predicted molar refractivity (Wildman–Crippen MR) is 46.0 cm³/mol. The summed E-state index contributed by atoms with van der Waals surface area (Å²) in [5.41, 5.74) is 3.43. The average molecular weight is 162 g/mol. The molecule has 0 fully saturated rings. The molecule has 0 amide bonds. The maximum atomic E-state index is 4.36. The van der Waals surface area contributed by atoms with E-state index in [1.807, 2.05) is 19.2 Å². The SMILES string of the molecule is Cc1cc[n+]2c(C)c(C)[nH]c2n1. The first kappa shape index (κ1) is 7.28. The number of aromatic amines is 1. The van der Waals surface area contributed by atoms with Crippen LogP contribution in [0.4, 0.5) is 0 Å². The number of aryl methyl sites for hydroxylation is 3. The fourth-order valence-corrected chi connectivity index (χ4v) is 1.31. The minimum absolute atomic E-state index is 0.921. The van der Waals surface area contributed by atoms with E-state index >= 15 is 0 Å². The Hall–Kier alpha value is -1.38. The summed E-state index contributed by atoms with van der Waals surface area (Å²) in [6.45, 7) is 6.13. The van der Waals surface area contributed by atoms with Gasteiger partial charge in [-0.05, 0) is 20.8 Å². The Kier molecular flexibility index (Phi) is 1.40. The Morgan fingerprint density at radius 1 is 1.33 bits per heavy atom. The number of fused-ring (bicyclic) bond motifs is 1. The summed E-state index contributed by atoms with van der Waals surface area (Å²) in [4.78, 5) is 7.58. The van der Waals surface area contributed by atoms with Crippen LogP contribution in [0.1, 0.15) is 17.1 Å². The van der Waals surface area contributed by atoms with Crippen molar-refractivity contribution in [3.8, 4) is 0 Å². The fraction of sp³-hybridized carbons (Fsp3) is 0.333. The zero-order valence-electron chi connectivity index (χ0n) is 7.55. The number of nitrogens with zero attached hydrogens (tertiary/aromatic N) is 2.